The molecule has 1 aromatic carbocycles. The van der Waals surface area contributed by atoms with Gasteiger partial charge in [-0.2, -0.15) is 0 Å². The minimum absolute atomic E-state index is 0.772. The summed E-state index contributed by atoms with van der Waals surface area (Å²) in [5.41, 5.74) is 2.89. The number of benzene rings is 1. The van der Waals surface area contributed by atoms with Crippen molar-refractivity contribution in [1.82, 2.24) is 9.97 Å². The summed E-state index contributed by atoms with van der Waals surface area (Å²) >= 11 is 0. The summed E-state index contributed by atoms with van der Waals surface area (Å²) < 4.78 is 5.39. The Bertz CT molecular complexity index is 635. The molecule has 3 nitrogen and oxygen atoms in total. The van der Waals surface area contributed by atoms with Crippen molar-refractivity contribution in [3.05, 3.63) is 49.0 Å². The van der Waals surface area contributed by atoms with E-state index in [9.17, 15) is 0 Å². The number of nitrogens with zero attached hydrogens (tertiary/aromatic N) is 1. The topological polar surface area (TPSA) is 41.8 Å². The zero-order valence-corrected chi connectivity index (χ0v) is 8.60. The molecule has 78 valence electrons. The van der Waals surface area contributed by atoms with Crippen molar-refractivity contribution in [2.75, 3.05) is 0 Å². The van der Waals surface area contributed by atoms with Crippen molar-refractivity contribution in [3.8, 4) is 11.3 Å². The molecular formula is C13H10N2O. The van der Waals surface area contributed by atoms with E-state index in [1.54, 1.807) is 12.3 Å². The van der Waals surface area contributed by atoms with Crippen molar-refractivity contribution in [3.63, 3.8) is 0 Å². The quantitative estimate of drug-likeness (QED) is 0.703. The molecule has 0 unspecified atom stereocenters. The van der Waals surface area contributed by atoms with Crippen LogP contribution in [0.3, 0.4) is 0 Å². The van der Waals surface area contributed by atoms with Gasteiger partial charge in [-0.05, 0) is 30.3 Å². The first kappa shape index (κ1) is 8.97. The molecule has 0 fully saturated rings. The Morgan fingerprint density at radius 3 is 2.94 bits per heavy atom. The van der Waals surface area contributed by atoms with E-state index in [2.05, 4.69) is 16.5 Å². The SMILES string of the molecule is C=Cc1nc2c(-c3ccco3)cccc2[nH]1. The smallest absolute Gasteiger partial charge is 0.136 e. The highest BCUT2D eigenvalue weighted by Crippen LogP contribution is 2.27. The standard InChI is InChI=1S/C13H10N2O/c1-2-12-14-10-6-3-5-9(13(10)15-12)11-7-4-8-16-11/h2-8H,1H2,(H,14,15). The molecule has 16 heavy (non-hydrogen) atoms. The third kappa shape index (κ3) is 1.26. The van der Waals surface area contributed by atoms with E-state index in [0.29, 0.717) is 0 Å². The van der Waals surface area contributed by atoms with E-state index in [1.807, 2.05) is 30.3 Å². The Hall–Kier alpha value is -2.29. The number of aromatic amines is 1. The molecule has 0 saturated carbocycles. The lowest BCUT2D eigenvalue weighted by Crippen LogP contribution is -1.77. The van der Waals surface area contributed by atoms with Crippen LogP contribution < -0.4 is 0 Å². The second-order valence-corrected chi connectivity index (χ2v) is 3.51. The lowest BCUT2D eigenvalue weighted by Gasteiger charge is -1.96. The summed E-state index contributed by atoms with van der Waals surface area (Å²) in [4.78, 5) is 7.63. The lowest BCUT2D eigenvalue weighted by molar-refractivity contribution is 0.583. The van der Waals surface area contributed by atoms with Gasteiger partial charge in [-0.25, -0.2) is 4.98 Å². The molecule has 3 rings (SSSR count). The van der Waals surface area contributed by atoms with Crippen LogP contribution in [0.1, 0.15) is 5.82 Å². The van der Waals surface area contributed by atoms with Crippen LogP contribution in [-0.4, -0.2) is 9.97 Å². The fraction of sp³-hybridized carbons (Fsp3) is 0. The van der Waals surface area contributed by atoms with Gasteiger partial charge >= 0.3 is 0 Å². The van der Waals surface area contributed by atoms with E-state index < -0.39 is 0 Å². The van der Waals surface area contributed by atoms with E-state index in [-0.39, 0.29) is 0 Å². The van der Waals surface area contributed by atoms with Gasteiger partial charge in [-0.3, -0.25) is 0 Å². The Morgan fingerprint density at radius 1 is 1.25 bits per heavy atom. The summed E-state index contributed by atoms with van der Waals surface area (Å²) in [6.45, 7) is 3.70. The van der Waals surface area contributed by atoms with Gasteiger partial charge < -0.3 is 9.40 Å². The van der Waals surface area contributed by atoms with Crippen molar-refractivity contribution in [1.29, 1.82) is 0 Å². The lowest BCUT2D eigenvalue weighted by atomic mass is 10.1. The molecule has 0 bridgehead atoms. The molecule has 0 aliphatic carbocycles. The van der Waals surface area contributed by atoms with Crippen LogP contribution in [0.15, 0.2) is 47.6 Å². The first-order valence-electron chi connectivity index (χ1n) is 5.03. The van der Waals surface area contributed by atoms with Crippen molar-refractivity contribution >= 4 is 17.1 Å². The van der Waals surface area contributed by atoms with Crippen molar-refractivity contribution in [2.24, 2.45) is 0 Å². The Kier molecular flexibility index (Phi) is 1.90. The first-order chi connectivity index (χ1) is 7.88. The highest BCUT2D eigenvalue weighted by molar-refractivity contribution is 5.91. The van der Waals surface area contributed by atoms with Gasteiger partial charge in [0.15, 0.2) is 0 Å². The minimum Gasteiger partial charge on any atom is -0.464 e. The monoisotopic (exact) mass is 210 g/mol. The molecule has 1 N–H and O–H groups in total. The van der Waals surface area contributed by atoms with Crippen molar-refractivity contribution in [2.45, 2.75) is 0 Å². The average Bonchev–Trinajstić information content (AvgIpc) is 2.97. The van der Waals surface area contributed by atoms with Crippen LogP contribution in [-0.2, 0) is 0 Å². The third-order valence-electron chi connectivity index (χ3n) is 2.51. The Morgan fingerprint density at radius 2 is 2.19 bits per heavy atom. The van der Waals surface area contributed by atoms with Gasteiger partial charge in [-0.15, -0.1) is 0 Å². The normalized spacial score (nSPS) is 10.8. The second-order valence-electron chi connectivity index (χ2n) is 3.51. The van der Waals surface area contributed by atoms with Gasteiger partial charge in [0.1, 0.15) is 11.6 Å². The van der Waals surface area contributed by atoms with E-state index in [0.717, 1.165) is 28.2 Å². The van der Waals surface area contributed by atoms with Crippen LogP contribution in [0, 0.1) is 0 Å². The number of fused-ring (bicyclic) bond motifs is 1. The number of hydrogen-bond donors (Lipinski definition) is 1. The van der Waals surface area contributed by atoms with Crippen LogP contribution in [0.5, 0.6) is 0 Å². The van der Waals surface area contributed by atoms with Gasteiger partial charge in [0.05, 0.1) is 17.3 Å². The number of furan rings is 1. The fourth-order valence-corrected chi connectivity index (χ4v) is 1.78. The van der Waals surface area contributed by atoms with Crippen LogP contribution in [0.4, 0.5) is 0 Å². The summed E-state index contributed by atoms with van der Waals surface area (Å²) in [5.74, 6) is 1.60. The van der Waals surface area contributed by atoms with Crippen molar-refractivity contribution < 1.29 is 4.42 Å². The van der Waals surface area contributed by atoms with E-state index in [4.69, 9.17) is 4.42 Å². The molecule has 0 atom stereocenters. The number of imidazole rings is 1. The van der Waals surface area contributed by atoms with Gasteiger partial charge in [0, 0.05) is 5.56 Å². The highest BCUT2D eigenvalue weighted by atomic mass is 16.3. The maximum Gasteiger partial charge on any atom is 0.136 e. The first-order valence-corrected chi connectivity index (χ1v) is 5.03. The molecule has 0 saturated heterocycles. The maximum absolute atomic E-state index is 5.39. The predicted octanol–water partition coefficient (Wildman–Crippen LogP) is 3.47. The molecule has 0 radical (unpaired) electrons. The molecule has 0 aliphatic rings. The third-order valence-corrected chi connectivity index (χ3v) is 2.51. The Balaban J connectivity index is 2.32. The predicted molar refractivity (Wildman–Crippen MR) is 63.9 cm³/mol. The number of aromatic nitrogens is 2. The number of para-hydroxylation sites is 1. The number of H-pyrrole nitrogens is 1. The fourth-order valence-electron chi connectivity index (χ4n) is 1.78. The molecule has 0 aliphatic heterocycles. The molecule has 3 heteroatoms. The molecule has 3 aromatic rings. The zero-order valence-electron chi connectivity index (χ0n) is 8.60. The number of hydrogen-bond acceptors (Lipinski definition) is 2. The molecular weight excluding hydrogens is 200 g/mol. The highest BCUT2D eigenvalue weighted by Gasteiger charge is 2.09. The second kappa shape index (κ2) is 3.38. The summed E-state index contributed by atoms with van der Waals surface area (Å²) in [7, 11) is 0. The van der Waals surface area contributed by atoms with Gasteiger partial charge in [0.2, 0.25) is 0 Å². The summed E-state index contributed by atoms with van der Waals surface area (Å²) in [6, 6.07) is 9.76. The largest absolute Gasteiger partial charge is 0.464 e. The molecule has 2 aromatic heterocycles. The van der Waals surface area contributed by atoms with Gasteiger partial charge in [0.25, 0.3) is 0 Å². The summed E-state index contributed by atoms with van der Waals surface area (Å²) in [6.07, 6.45) is 3.36. The van der Waals surface area contributed by atoms with Crippen LogP contribution in [0.25, 0.3) is 28.4 Å². The van der Waals surface area contributed by atoms with E-state index >= 15 is 0 Å². The molecule has 0 spiro atoms. The molecule has 0 amide bonds. The van der Waals surface area contributed by atoms with Crippen LogP contribution >= 0.6 is 0 Å². The Labute approximate surface area is 92.4 Å². The zero-order chi connectivity index (χ0) is 11.0. The maximum atomic E-state index is 5.39. The molecule has 2 heterocycles. The van der Waals surface area contributed by atoms with Gasteiger partial charge in [-0.1, -0.05) is 12.6 Å². The average molecular weight is 210 g/mol. The number of rotatable bonds is 2. The minimum atomic E-state index is 0.772. The summed E-state index contributed by atoms with van der Waals surface area (Å²) in [5, 5.41) is 0. The van der Waals surface area contributed by atoms with Crippen LogP contribution in [0.2, 0.25) is 0 Å². The van der Waals surface area contributed by atoms with E-state index in [1.165, 1.54) is 0 Å². The number of nitrogens with one attached hydrogen (secondary N) is 1.